The van der Waals surface area contributed by atoms with E-state index in [4.69, 9.17) is 12.2 Å². The fraction of sp³-hybridized carbons (Fsp3) is 0.333. The van der Waals surface area contributed by atoms with Crippen molar-refractivity contribution >= 4 is 23.2 Å². The van der Waals surface area contributed by atoms with Crippen molar-refractivity contribution in [1.82, 2.24) is 15.8 Å². The topological polar surface area (TPSA) is 44.4 Å². The lowest BCUT2D eigenvalue weighted by atomic mass is 10.0. The lowest BCUT2D eigenvalue weighted by molar-refractivity contribution is -0.123. The Hall–Kier alpha value is -1.88. The Labute approximate surface area is 124 Å². The second-order valence-electron chi connectivity index (χ2n) is 5.47. The number of hydrogen-bond donors (Lipinski definition) is 2. The van der Waals surface area contributed by atoms with Crippen LogP contribution in [-0.4, -0.2) is 21.6 Å². The fourth-order valence-electron chi connectivity index (χ4n) is 2.20. The van der Waals surface area contributed by atoms with Gasteiger partial charge in [0.1, 0.15) is 0 Å². The molecule has 0 unspecified atom stereocenters. The third kappa shape index (κ3) is 3.57. The third-order valence-electron chi connectivity index (χ3n) is 3.00. The number of hydrazine groups is 1. The van der Waals surface area contributed by atoms with Crippen molar-refractivity contribution < 1.29 is 4.79 Å². The van der Waals surface area contributed by atoms with E-state index < -0.39 is 0 Å². The zero-order chi connectivity index (χ0) is 14.8. The quantitative estimate of drug-likeness (QED) is 0.837. The predicted octanol–water partition coefficient (Wildman–Crippen LogP) is 2.13. The monoisotopic (exact) mass is 289 g/mol. The Kier molecular flexibility index (Phi) is 4.09. The van der Waals surface area contributed by atoms with Crippen LogP contribution in [0.4, 0.5) is 0 Å². The first-order valence-corrected chi connectivity index (χ1v) is 6.93. The van der Waals surface area contributed by atoms with Crippen LogP contribution in [0.25, 0.3) is 0 Å². The molecule has 4 nitrogen and oxygen atoms in total. The minimum atomic E-state index is -0.193. The first kappa shape index (κ1) is 14.5. The van der Waals surface area contributed by atoms with Crippen molar-refractivity contribution in [2.24, 2.45) is 0 Å². The number of carbonyl (C=O) groups excluding carboxylic acids is 1. The Morgan fingerprint density at radius 1 is 1.35 bits per heavy atom. The molecule has 1 aromatic rings. The van der Waals surface area contributed by atoms with Crippen molar-refractivity contribution in [3.63, 3.8) is 0 Å². The van der Waals surface area contributed by atoms with Gasteiger partial charge in [-0.1, -0.05) is 30.3 Å². The van der Waals surface area contributed by atoms with E-state index in [9.17, 15) is 4.79 Å². The molecule has 1 aliphatic rings. The van der Waals surface area contributed by atoms with Crippen LogP contribution in [-0.2, 0) is 11.2 Å². The van der Waals surface area contributed by atoms with Crippen LogP contribution in [0.2, 0.25) is 0 Å². The lowest BCUT2D eigenvalue weighted by Crippen LogP contribution is -2.58. The Bertz CT molecular complexity index is 551. The molecule has 0 radical (unpaired) electrons. The highest BCUT2D eigenvalue weighted by molar-refractivity contribution is 7.80. The van der Waals surface area contributed by atoms with Crippen LogP contribution in [0.5, 0.6) is 0 Å². The summed E-state index contributed by atoms with van der Waals surface area (Å²) in [6.45, 7) is 6.00. The van der Waals surface area contributed by atoms with E-state index in [1.54, 1.807) is 5.01 Å². The van der Waals surface area contributed by atoms with E-state index in [2.05, 4.69) is 10.7 Å². The van der Waals surface area contributed by atoms with Crippen LogP contribution in [0.1, 0.15) is 26.3 Å². The fourth-order valence-corrected chi connectivity index (χ4v) is 2.65. The number of thiocarbonyl (C=S) groups is 1. The average Bonchev–Trinajstić information content (AvgIpc) is 2.34. The van der Waals surface area contributed by atoms with Gasteiger partial charge in [-0.05, 0) is 44.6 Å². The molecule has 1 amide bonds. The first-order chi connectivity index (χ1) is 9.37. The van der Waals surface area contributed by atoms with Crippen molar-refractivity contribution in [3.8, 4) is 0 Å². The molecule has 1 aromatic carbocycles. The SMILES string of the molecule is CC1=CC(C)(C)NC(=S)N1NC(=O)Cc1ccccc1. The number of amides is 1. The number of rotatable bonds is 3. The highest BCUT2D eigenvalue weighted by Crippen LogP contribution is 2.17. The number of hydrogen-bond acceptors (Lipinski definition) is 2. The molecule has 106 valence electrons. The van der Waals surface area contributed by atoms with E-state index in [0.717, 1.165) is 11.3 Å². The second-order valence-corrected chi connectivity index (χ2v) is 5.86. The van der Waals surface area contributed by atoms with Crippen LogP contribution in [0.15, 0.2) is 42.1 Å². The molecule has 20 heavy (non-hydrogen) atoms. The van der Waals surface area contributed by atoms with Gasteiger partial charge in [-0.2, -0.15) is 0 Å². The number of benzene rings is 1. The molecule has 0 bridgehead atoms. The van der Waals surface area contributed by atoms with E-state index in [0.29, 0.717) is 11.5 Å². The molecule has 0 aliphatic carbocycles. The third-order valence-corrected chi connectivity index (χ3v) is 3.28. The zero-order valence-corrected chi connectivity index (χ0v) is 12.8. The van der Waals surface area contributed by atoms with Gasteiger partial charge in [0.05, 0.1) is 12.0 Å². The number of carbonyl (C=O) groups is 1. The Balaban J connectivity index is 2.03. The standard InChI is InChI=1S/C15H19N3OS/c1-11-10-15(2,3)16-14(20)18(11)17-13(19)9-12-7-5-4-6-8-12/h4-8,10H,9H2,1-3H3,(H,16,20)(H,17,19). The molecule has 0 aromatic heterocycles. The van der Waals surface area contributed by atoms with Gasteiger partial charge in [-0.15, -0.1) is 0 Å². The molecule has 1 heterocycles. The van der Waals surface area contributed by atoms with Gasteiger partial charge in [0.15, 0.2) is 5.11 Å². The molecule has 0 saturated heterocycles. The number of nitrogens with zero attached hydrogens (tertiary/aromatic N) is 1. The molecule has 1 aliphatic heterocycles. The molecule has 0 saturated carbocycles. The molecule has 5 heteroatoms. The average molecular weight is 289 g/mol. The molecule has 2 rings (SSSR count). The smallest absolute Gasteiger partial charge is 0.243 e. The van der Waals surface area contributed by atoms with Crippen molar-refractivity contribution in [1.29, 1.82) is 0 Å². The number of allylic oxidation sites excluding steroid dienone is 1. The second kappa shape index (κ2) is 5.63. The molecule has 0 fully saturated rings. The predicted molar refractivity (Wildman–Crippen MR) is 83.7 cm³/mol. The Morgan fingerprint density at radius 3 is 2.60 bits per heavy atom. The van der Waals surface area contributed by atoms with Gasteiger partial charge in [0.25, 0.3) is 0 Å². The van der Waals surface area contributed by atoms with Gasteiger partial charge < -0.3 is 5.32 Å². The summed E-state index contributed by atoms with van der Waals surface area (Å²) in [7, 11) is 0. The highest BCUT2D eigenvalue weighted by Gasteiger charge is 2.27. The van der Waals surface area contributed by atoms with Crippen molar-refractivity contribution in [2.75, 3.05) is 0 Å². The van der Waals surface area contributed by atoms with Gasteiger partial charge in [-0.3, -0.25) is 10.2 Å². The summed E-state index contributed by atoms with van der Waals surface area (Å²) in [4.78, 5) is 12.1. The van der Waals surface area contributed by atoms with E-state index in [1.807, 2.05) is 57.2 Å². The van der Waals surface area contributed by atoms with Crippen LogP contribution in [0.3, 0.4) is 0 Å². The van der Waals surface area contributed by atoms with Crippen molar-refractivity contribution in [2.45, 2.75) is 32.7 Å². The Morgan fingerprint density at radius 2 is 2.00 bits per heavy atom. The summed E-state index contributed by atoms with van der Waals surface area (Å²) >= 11 is 5.30. The summed E-state index contributed by atoms with van der Waals surface area (Å²) < 4.78 is 0. The van der Waals surface area contributed by atoms with Gasteiger partial charge >= 0.3 is 0 Å². The summed E-state index contributed by atoms with van der Waals surface area (Å²) in [5.74, 6) is -0.0900. The zero-order valence-electron chi connectivity index (χ0n) is 11.9. The lowest BCUT2D eigenvalue weighted by Gasteiger charge is -2.37. The molecular weight excluding hydrogens is 270 g/mol. The minimum Gasteiger partial charge on any atom is -0.352 e. The highest BCUT2D eigenvalue weighted by atomic mass is 32.1. The summed E-state index contributed by atoms with van der Waals surface area (Å²) in [5, 5.41) is 5.30. The van der Waals surface area contributed by atoms with E-state index >= 15 is 0 Å². The van der Waals surface area contributed by atoms with Gasteiger partial charge in [0.2, 0.25) is 5.91 Å². The maximum Gasteiger partial charge on any atom is 0.243 e. The van der Waals surface area contributed by atoms with Crippen LogP contribution in [0, 0.1) is 0 Å². The molecular formula is C15H19N3OS. The number of nitrogens with one attached hydrogen (secondary N) is 2. The summed E-state index contributed by atoms with van der Waals surface area (Å²) in [5.41, 5.74) is 4.53. The molecule has 0 spiro atoms. The largest absolute Gasteiger partial charge is 0.352 e. The minimum absolute atomic E-state index is 0.0900. The summed E-state index contributed by atoms with van der Waals surface area (Å²) in [6, 6.07) is 9.63. The first-order valence-electron chi connectivity index (χ1n) is 6.52. The maximum absolute atomic E-state index is 12.1. The van der Waals surface area contributed by atoms with E-state index in [1.165, 1.54) is 0 Å². The molecule has 0 atom stereocenters. The van der Waals surface area contributed by atoms with Crippen LogP contribution >= 0.6 is 12.2 Å². The maximum atomic E-state index is 12.1. The van der Waals surface area contributed by atoms with Gasteiger partial charge in [-0.25, -0.2) is 5.01 Å². The van der Waals surface area contributed by atoms with E-state index in [-0.39, 0.29) is 11.4 Å². The summed E-state index contributed by atoms with van der Waals surface area (Å²) in [6.07, 6.45) is 2.36. The van der Waals surface area contributed by atoms with Gasteiger partial charge in [0, 0.05) is 5.70 Å². The van der Waals surface area contributed by atoms with Crippen LogP contribution < -0.4 is 10.7 Å². The molecule has 2 N–H and O–H groups in total. The van der Waals surface area contributed by atoms with Crippen molar-refractivity contribution in [3.05, 3.63) is 47.7 Å². The normalized spacial score (nSPS) is 17.2.